The monoisotopic (exact) mass is 264 g/mol. The van der Waals surface area contributed by atoms with Gasteiger partial charge in [0.2, 0.25) is 0 Å². The van der Waals surface area contributed by atoms with E-state index < -0.39 is 17.5 Å². The molecule has 5 heteroatoms. The fraction of sp³-hybridized carbons (Fsp3) is 0.429. The van der Waals surface area contributed by atoms with Gasteiger partial charge in [-0.2, -0.15) is 0 Å². The summed E-state index contributed by atoms with van der Waals surface area (Å²) >= 11 is 0. The van der Waals surface area contributed by atoms with Crippen molar-refractivity contribution in [1.82, 2.24) is 0 Å². The molecule has 1 aromatic carbocycles. The third-order valence-electron chi connectivity index (χ3n) is 2.91. The minimum absolute atomic E-state index is 0.0132. The predicted octanol–water partition coefficient (Wildman–Crippen LogP) is 2.44. The number of halogens is 1. The van der Waals surface area contributed by atoms with E-state index in [4.69, 9.17) is 0 Å². The van der Waals surface area contributed by atoms with Crippen LogP contribution in [-0.2, 0) is 4.79 Å². The summed E-state index contributed by atoms with van der Waals surface area (Å²) in [6, 6.07) is 2.64. The maximum Gasteiger partial charge on any atom is 0.296 e. The number of nitrogens with one attached hydrogen (secondary N) is 1. The fourth-order valence-electron chi connectivity index (χ4n) is 2.24. The van der Waals surface area contributed by atoms with Crippen molar-refractivity contribution in [2.75, 3.05) is 23.8 Å². The number of nitrogens with zero attached hydrogens (tertiary/aromatic N) is 1. The molecule has 0 saturated carbocycles. The first-order valence-corrected chi connectivity index (χ1v) is 6.09. The number of carbonyl (C=O) groups is 2. The van der Waals surface area contributed by atoms with E-state index in [1.807, 2.05) is 0 Å². The van der Waals surface area contributed by atoms with Crippen LogP contribution in [0.4, 0.5) is 15.8 Å². The van der Waals surface area contributed by atoms with Crippen molar-refractivity contribution in [2.24, 2.45) is 5.41 Å². The second-order valence-corrected chi connectivity index (χ2v) is 6.05. The van der Waals surface area contributed by atoms with Gasteiger partial charge < -0.3 is 10.2 Å². The van der Waals surface area contributed by atoms with Crippen molar-refractivity contribution in [2.45, 2.75) is 20.8 Å². The molecule has 1 N–H and O–H groups in total. The maximum absolute atomic E-state index is 14.0. The molecule has 1 aliphatic rings. The molecule has 102 valence electrons. The first kappa shape index (κ1) is 13.5. The van der Waals surface area contributed by atoms with E-state index in [1.54, 1.807) is 11.9 Å². The molecule has 0 saturated heterocycles. The first-order chi connectivity index (χ1) is 8.69. The molecule has 1 aliphatic heterocycles. The highest BCUT2D eigenvalue weighted by Gasteiger charge is 2.30. The smallest absolute Gasteiger partial charge is 0.296 e. The van der Waals surface area contributed by atoms with E-state index in [1.165, 1.54) is 6.07 Å². The van der Waals surface area contributed by atoms with Gasteiger partial charge in [0.1, 0.15) is 5.82 Å². The Kier molecular flexibility index (Phi) is 3.08. The zero-order chi connectivity index (χ0) is 14.4. The van der Waals surface area contributed by atoms with E-state index in [0.717, 1.165) is 6.07 Å². The summed E-state index contributed by atoms with van der Waals surface area (Å²) in [7, 11) is 1.79. The van der Waals surface area contributed by atoms with Crippen LogP contribution in [0.25, 0.3) is 0 Å². The minimum atomic E-state index is -0.704. The quantitative estimate of drug-likeness (QED) is 0.835. The lowest BCUT2D eigenvalue weighted by Gasteiger charge is -2.28. The molecule has 0 atom stereocenters. The first-order valence-electron chi connectivity index (χ1n) is 6.09. The summed E-state index contributed by atoms with van der Waals surface area (Å²) in [6.07, 6.45) is 0. The lowest BCUT2D eigenvalue weighted by molar-refractivity contribution is -0.112. The number of benzene rings is 1. The molecular formula is C14H17FN2O2. The van der Waals surface area contributed by atoms with Crippen LogP contribution >= 0.6 is 0 Å². The van der Waals surface area contributed by atoms with Crippen molar-refractivity contribution in [3.63, 3.8) is 0 Å². The second-order valence-electron chi connectivity index (χ2n) is 6.05. The van der Waals surface area contributed by atoms with Gasteiger partial charge in [0.25, 0.3) is 11.7 Å². The second kappa shape index (κ2) is 4.33. The lowest BCUT2D eigenvalue weighted by Crippen LogP contribution is -2.29. The Bertz CT molecular complexity index is 561. The Morgan fingerprint density at radius 3 is 2.47 bits per heavy atom. The highest BCUT2D eigenvalue weighted by Crippen LogP contribution is 2.31. The number of ketones is 1. The van der Waals surface area contributed by atoms with Gasteiger partial charge in [-0.1, -0.05) is 20.8 Å². The van der Waals surface area contributed by atoms with E-state index in [0.29, 0.717) is 17.9 Å². The summed E-state index contributed by atoms with van der Waals surface area (Å²) < 4.78 is 14.0. The predicted molar refractivity (Wildman–Crippen MR) is 72.1 cm³/mol. The number of anilines is 2. The number of Topliss-reactive ketones (excluding diaryl/α,β-unsaturated/α-hetero) is 1. The van der Waals surface area contributed by atoms with Crippen LogP contribution in [0.2, 0.25) is 0 Å². The standard InChI is InChI=1S/C14H17FN2O2/c1-14(2,3)7-17(4)11-6-10-8(5-9(11)15)12(18)13(19)16-10/h5-6H,7H2,1-4H3,(H,16,18,19). The molecule has 0 bridgehead atoms. The largest absolute Gasteiger partial charge is 0.372 e. The maximum atomic E-state index is 14.0. The van der Waals surface area contributed by atoms with Crippen LogP contribution in [0.1, 0.15) is 31.1 Å². The molecule has 4 nitrogen and oxygen atoms in total. The summed E-state index contributed by atoms with van der Waals surface area (Å²) in [5.74, 6) is -1.88. The molecule has 2 rings (SSSR count). The lowest BCUT2D eigenvalue weighted by atomic mass is 9.96. The topological polar surface area (TPSA) is 49.4 Å². The molecule has 1 amide bonds. The van der Waals surface area contributed by atoms with Gasteiger partial charge in [-0.25, -0.2) is 4.39 Å². The molecule has 0 fully saturated rings. The highest BCUT2D eigenvalue weighted by molar-refractivity contribution is 6.51. The SMILES string of the molecule is CN(CC(C)(C)C)c1cc2c(cc1F)C(=O)C(=O)N2. The molecule has 0 unspecified atom stereocenters. The zero-order valence-corrected chi connectivity index (χ0v) is 11.5. The summed E-state index contributed by atoms with van der Waals surface area (Å²) in [4.78, 5) is 24.5. The number of hydrogen-bond acceptors (Lipinski definition) is 3. The van der Waals surface area contributed by atoms with Crippen molar-refractivity contribution >= 4 is 23.1 Å². The Morgan fingerprint density at radius 1 is 1.26 bits per heavy atom. The Hall–Kier alpha value is -1.91. The molecule has 0 aliphatic carbocycles. The third kappa shape index (κ3) is 2.59. The number of fused-ring (bicyclic) bond motifs is 1. The van der Waals surface area contributed by atoms with Crippen LogP contribution in [0.3, 0.4) is 0 Å². The molecule has 1 heterocycles. The van der Waals surface area contributed by atoms with Crippen LogP contribution in [0, 0.1) is 11.2 Å². The van der Waals surface area contributed by atoms with Gasteiger partial charge in [-0.05, 0) is 17.5 Å². The number of rotatable bonds is 2. The fourth-order valence-corrected chi connectivity index (χ4v) is 2.24. The van der Waals surface area contributed by atoms with E-state index in [2.05, 4.69) is 26.1 Å². The summed E-state index contributed by atoms with van der Waals surface area (Å²) in [5, 5.41) is 2.45. The van der Waals surface area contributed by atoms with Crippen LogP contribution < -0.4 is 10.2 Å². The van der Waals surface area contributed by atoms with Gasteiger partial charge in [0.15, 0.2) is 0 Å². The van der Waals surface area contributed by atoms with Gasteiger partial charge in [0.05, 0.1) is 16.9 Å². The van der Waals surface area contributed by atoms with Gasteiger partial charge in [-0.15, -0.1) is 0 Å². The number of carbonyl (C=O) groups excluding carboxylic acids is 2. The van der Waals surface area contributed by atoms with E-state index >= 15 is 0 Å². The Balaban J connectivity index is 2.37. The molecule has 0 spiro atoms. The van der Waals surface area contributed by atoms with Crippen molar-refractivity contribution in [3.8, 4) is 0 Å². The zero-order valence-electron chi connectivity index (χ0n) is 11.5. The average Bonchev–Trinajstić information content (AvgIpc) is 2.52. The third-order valence-corrected chi connectivity index (χ3v) is 2.91. The van der Waals surface area contributed by atoms with Crippen molar-refractivity contribution < 1.29 is 14.0 Å². The van der Waals surface area contributed by atoms with Gasteiger partial charge in [-0.3, -0.25) is 9.59 Å². The number of hydrogen-bond donors (Lipinski definition) is 1. The molecule has 19 heavy (non-hydrogen) atoms. The molecular weight excluding hydrogens is 247 g/mol. The number of amides is 1. The van der Waals surface area contributed by atoms with Gasteiger partial charge in [0, 0.05) is 13.6 Å². The minimum Gasteiger partial charge on any atom is -0.372 e. The molecule has 1 aromatic rings. The summed E-state index contributed by atoms with van der Waals surface area (Å²) in [5.41, 5.74) is 0.880. The van der Waals surface area contributed by atoms with Crippen LogP contribution in [0.15, 0.2) is 12.1 Å². The Labute approximate surface area is 111 Å². The van der Waals surface area contributed by atoms with E-state index in [9.17, 15) is 14.0 Å². The molecule has 0 aromatic heterocycles. The van der Waals surface area contributed by atoms with Crippen LogP contribution in [0.5, 0.6) is 0 Å². The average molecular weight is 264 g/mol. The normalized spacial score (nSPS) is 14.4. The molecule has 0 radical (unpaired) electrons. The van der Waals surface area contributed by atoms with E-state index in [-0.39, 0.29) is 11.0 Å². The van der Waals surface area contributed by atoms with Crippen LogP contribution in [-0.4, -0.2) is 25.3 Å². The van der Waals surface area contributed by atoms with Gasteiger partial charge >= 0.3 is 0 Å². The van der Waals surface area contributed by atoms with Crippen molar-refractivity contribution in [3.05, 3.63) is 23.5 Å². The summed E-state index contributed by atoms with van der Waals surface area (Å²) in [6.45, 7) is 6.82. The van der Waals surface area contributed by atoms with Crippen molar-refractivity contribution in [1.29, 1.82) is 0 Å². The Morgan fingerprint density at radius 2 is 1.89 bits per heavy atom. The highest BCUT2D eigenvalue weighted by atomic mass is 19.1.